The van der Waals surface area contributed by atoms with E-state index < -0.39 is 0 Å². The molecule has 2 aromatic carbocycles. The fraction of sp³-hybridized carbons (Fsp3) is 0.294. The van der Waals surface area contributed by atoms with Crippen LogP contribution in [0.5, 0.6) is 5.75 Å². The lowest BCUT2D eigenvalue weighted by atomic mass is 10.1. The molecule has 0 amide bonds. The van der Waals surface area contributed by atoms with Crippen molar-refractivity contribution in [2.75, 3.05) is 13.2 Å². The fourth-order valence-corrected chi connectivity index (χ4v) is 2.86. The van der Waals surface area contributed by atoms with Crippen LogP contribution < -0.4 is 10.5 Å². The van der Waals surface area contributed by atoms with Crippen molar-refractivity contribution >= 4 is 11.6 Å². The molecule has 21 heavy (non-hydrogen) atoms. The highest BCUT2D eigenvalue weighted by Gasteiger charge is 2.16. The van der Waals surface area contributed by atoms with E-state index >= 15 is 0 Å². The number of nitrogens with zero attached hydrogens (tertiary/aromatic N) is 1. The van der Waals surface area contributed by atoms with Crippen LogP contribution in [0.3, 0.4) is 0 Å². The molecule has 2 aromatic rings. The first-order valence-corrected chi connectivity index (χ1v) is 7.54. The van der Waals surface area contributed by atoms with Crippen LogP contribution in [-0.2, 0) is 19.6 Å². The number of hydrogen-bond acceptors (Lipinski definition) is 3. The van der Waals surface area contributed by atoms with E-state index in [2.05, 4.69) is 23.1 Å². The van der Waals surface area contributed by atoms with Crippen molar-refractivity contribution in [3.05, 3.63) is 64.2 Å². The summed E-state index contributed by atoms with van der Waals surface area (Å²) in [5.74, 6) is 0.990. The Labute approximate surface area is 130 Å². The minimum Gasteiger partial charge on any atom is -0.492 e. The van der Waals surface area contributed by atoms with Crippen LogP contribution in [-0.4, -0.2) is 18.1 Å². The third kappa shape index (κ3) is 3.38. The highest BCUT2D eigenvalue weighted by Crippen LogP contribution is 2.25. The van der Waals surface area contributed by atoms with E-state index in [0.717, 1.165) is 41.5 Å². The number of ether oxygens (including phenoxy) is 1. The van der Waals surface area contributed by atoms with Crippen LogP contribution in [0.4, 0.5) is 0 Å². The molecule has 4 heteroatoms. The zero-order chi connectivity index (χ0) is 14.7. The summed E-state index contributed by atoms with van der Waals surface area (Å²) >= 11 is 6.35. The predicted molar refractivity (Wildman–Crippen MR) is 85.4 cm³/mol. The molecule has 0 spiro atoms. The molecule has 0 atom stereocenters. The van der Waals surface area contributed by atoms with Gasteiger partial charge in [-0.15, -0.1) is 0 Å². The average molecular weight is 303 g/mol. The summed E-state index contributed by atoms with van der Waals surface area (Å²) in [6, 6.07) is 14.3. The van der Waals surface area contributed by atoms with Gasteiger partial charge in [-0.1, -0.05) is 41.9 Å². The van der Waals surface area contributed by atoms with Gasteiger partial charge in [0.2, 0.25) is 0 Å². The van der Waals surface area contributed by atoms with Gasteiger partial charge in [0.25, 0.3) is 0 Å². The van der Waals surface area contributed by atoms with Gasteiger partial charge in [-0.3, -0.25) is 4.90 Å². The molecule has 1 aliphatic rings. The molecule has 0 saturated carbocycles. The van der Waals surface area contributed by atoms with E-state index in [0.29, 0.717) is 13.2 Å². The summed E-state index contributed by atoms with van der Waals surface area (Å²) in [5.41, 5.74) is 9.06. The van der Waals surface area contributed by atoms with Crippen molar-refractivity contribution in [2.24, 2.45) is 5.73 Å². The molecule has 0 aromatic heterocycles. The van der Waals surface area contributed by atoms with Gasteiger partial charge in [0.1, 0.15) is 12.4 Å². The molecule has 0 fully saturated rings. The Morgan fingerprint density at radius 3 is 2.86 bits per heavy atom. The molecule has 2 N–H and O–H groups in total. The van der Waals surface area contributed by atoms with Gasteiger partial charge in [0, 0.05) is 36.8 Å². The second-order valence-electron chi connectivity index (χ2n) is 5.30. The second kappa shape index (κ2) is 6.48. The van der Waals surface area contributed by atoms with Gasteiger partial charge in [0.05, 0.1) is 0 Å². The quantitative estimate of drug-likeness (QED) is 0.946. The molecule has 0 unspecified atom stereocenters. The first-order chi connectivity index (χ1) is 10.3. The monoisotopic (exact) mass is 302 g/mol. The minimum atomic E-state index is 0.519. The first kappa shape index (κ1) is 14.4. The summed E-state index contributed by atoms with van der Waals surface area (Å²) in [4.78, 5) is 2.36. The van der Waals surface area contributed by atoms with Crippen LogP contribution >= 0.6 is 11.6 Å². The lowest BCUT2D eigenvalue weighted by Gasteiger charge is -2.20. The Morgan fingerprint density at radius 1 is 1.19 bits per heavy atom. The van der Waals surface area contributed by atoms with Crippen molar-refractivity contribution in [2.45, 2.75) is 19.6 Å². The molecular weight excluding hydrogens is 284 g/mol. The van der Waals surface area contributed by atoms with Crippen LogP contribution in [0.25, 0.3) is 0 Å². The summed E-state index contributed by atoms with van der Waals surface area (Å²) in [7, 11) is 0. The van der Waals surface area contributed by atoms with Gasteiger partial charge in [-0.05, 0) is 23.3 Å². The maximum atomic E-state index is 6.35. The van der Waals surface area contributed by atoms with Gasteiger partial charge in [-0.2, -0.15) is 0 Å². The number of nitrogens with two attached hydrogens (primary N) is 1. The lowest BCUT2D eigenvalue weighted by molar-refractivity contribution is 0.219. The maximum absolute atomic E-state index is 6.35. The van der Waals surface area contributed by atoms with Gasteiger partial charge < -0.3 is 10.5 Å². The van der Waals surface area contributed by atoms with Crippen molar-refractivity contribution in [1.82, 2.24) is 4.90 Å². The summed E-state index contributed by atoms with van der Waals surface area (Å²) in [6.07, 6.45) is 0. The number of benzene rings is 2. The number of rotatable bonds is 3. The van der Waals surface area contributed by atoms with Crippen molar-refractivity contribution in [1.29, 1.82) is 0 Å². The van der Waals surface area contributed by atoms with Gasteiger partial charge >= 0.3 is 0 Å². The number of para-hydroxylation sites is 1. The normalized spacial score (nSPS) is 15.1. The van der Waals surface area contributed by atoms with Crippen LogP contribution in [0.1, 0.15) is 16.7 Å². The van der Waals surface area contributed by atoms with E-state index in [4.69, 9.17) is 22.1 Å². The topological polar surface area (TPSA) is 38.5 Å². The number of fused-ring (bicyclic) bond motifs is 1. The van der Waals surface area contributed by atoms with Gasteiger partial charge in [-0.25, -0.2) is 0 Å². The standard InChI is InChI=1S/C17H19ClN2O/c18-16-9-13(10-19)5-6-14(16)11-20-7-8-21-17-4-2-1-3-15(17)12-20/h1-6,9H,7-8,10-12,19H2. The lowest BCUT2D eigenvalue weighted by Crippen LogP contribution is -2.25. The minimum absolute atomic E-state index is 0.519. The fourth-order valence-electron chi connectivity index (χ4n) is 2.60. The SMILES string of the molecule is NCc1ccc(CN2CCOc3ccccc3C2)c(Cl)c1. The summed E-state index contributed by atoms with van der Waals surface area (Å²) in [6.45, 7) is 3.82. The number of hydrogen-bond donors (Lipinski definition) is 1. The van der Waals surface area contributed by atoms with Crippen LogP contribution in [0.2, 0.25) is 5.02 Å². The molecule has 0 aliphatic carbocycles. The van der Waals surface area contributed by atoms with E-state index in [9.17, 15) is 0 Å². The summed E-state index contributed by atoms with van der Waals surface area (Å²) < 4.78 is 5.79. The Balaban J connectivity index is 1.76. The van der Waals surface area contributed by atoms with Gasteiger partial charge in [0.15, 0.2) is 0 Å². The van der Waals surface area contributed by atoms with Crippen molar-refractivity contribution in [3.8, 4) is 5.75 Å². The smallest absolute Gasteiger partial charge is 0.123 e. The van der Waals surface area contributed by atoms with Crippen molar-refractivity contribution in [3.63, 3.8) is 0 Å². The average Bonchev–Trinajstić information content (AvgIpc) is 2.71. The molecular formula is C17H19ClN2O. The largest absolute Gasteiger partial charge is 0.492 e. The van der Waals surface area contributed by atoms with E-state index in [1.165, 1.54) is 5.56 Å². The zero-order valence-electron chi connectivity index (χ0n) is 11.9. The molecule has 0 bridgehead atoms. The highest BCUT2D eigenvalue weighted by atomic mass is 35.5. The molecule has 0 radical (unpaired) electrons. The van der Waals surface area contributed by atoms with Crippen molar-refractivity contribution < 1.29 is 4.74 Å². The van der Waals surface area contributed by atoms with E-state index in [1.54, 1.807) is 0 Å². The van der Waals surface area contributed by atoms with Crippen LogP contribution in [0, 0.1) is 0 Å². The Kier molecular flexibility index (Phi) is 4.44. The Morgan fingerprint density at radius 2 is 2.05 bits per heavy atom. The molecule has 1 heterocycles. The van der Waals surface area contributed by atoms with Crippen LogP contribution in [0.15, 0.2) is 42.5 Å². The van der Waals surface area contributed by atoms with E-state index in [-0.39, 0.29) is 0 Å². The number of halogens is 1. The molecule has 3 nitrogen and oxygen atoms in total. The molecule has 110 valence electrons. The third-order valence-corrected chi connectivity index (χ3v) is 4.13. The highest BCUT2D eigenvalue weighted by molar-refractivity contribution is 6.31. The molecule has 1 aliphatic heterocycles. The predicted octanol–water partition coefficient (Wildman–Crippen LogP) is 3.19. The first-order valence-electron chi connectivity index (χ1n) is 7.16. The Hall–Kier alpha value is -1.55. The third-order valence-electron chi connectivity index (χ3n) is 3.78. The molecule has 0 saturated heterocycles. The van der Waals surface area contributed by atoms with E-state index in [1.807, 2.05) is 24.3 Å². The second-order valence-corrected chi connectivity index (χ2v) is 5.70. The molecule has 3 rings (SSSR count). The summed E-state index contributed by atoms with van der Waals surface area (Å²) in [5, 5.41) is 0.788. The maximum Gasteiger partial charge on any atom is 0.123 e. The zero-order valence-corrected chi connectivity index (χ0v) is 12.6. The Bertz CT molecular complexity index is 630.